The number of aromatic nitrogens is 1. The molecule has 0 saturated carbocycles. The van der Waals surface area contributed by atoms with Crippen LogP contribution in [0.1, 0.15) is 25.0 Å². The van der Waals surface area contributed by atoms with Crippen molar-refractivity contribution < 1.29 is 4.79 Å². The number of carbonyl (C=O) groups excluding carboxylic acids is 1. The Morgan fingerprint density at radius 3 is 2.88 bits per heavy atom. The maximum atomic E-state index is 11.3. The molecule has 86 valence electrons. The number of nitrogens with two attached hydrogens (primary N) is 1. The molecule has 2 heterocycles. The van der Waals surface area contributed by atoms with Crippen molar-refractivity contribution in [1.29, 1.82) is 0 Å². The number of hydrogen-bond donors (Lipinski definition) is 2. The van der Waals surface area contributed by atoms with Gasteiger partial charge in [-0.05, 0) is 44.4 Å². The van der Waals surface area contributed by atoms with Gasteiger partial charge in [-0.25, -0.2) is 0 Å². The maximum Gasteiger partial charge on any atom is 0.237 e. The lowest BCUT2D eigenvalue weighted by atomic mass is 9.82. The van der Waals surface area contributed by atoms with E-state index in [9.17, 15) is 4.79 Å². The second kappa shape index (κ2) is 4.61. The molecular formula is C12H17N3O. The standard InChI is InChI=1S/C12H17N3O/c13-11(16)12(7-9-15-12)6-3-5-10-4-1-2-8-14-10/h1-2,4,8,15H,3,5-7,9H2,(H2,13,16)/t12-/m0/s1. The van der Waals surface area contributed by atoms with E-state index in [1.807, 2.05) is 18.2 Å². The molecule has 1 aliphatic rings. The third kappa shape index (κ3) is 2.22. The quantitative estimate of drug-likeness (QED) is 0.763. The van der Waals surface area contributed by atoms with E-state index in [1.165, 1.54) is 0 Å². The Bertz CT molecular complexity index is 360. The van der Waals surface area contributed by atoms with Gasteiger partial charge in [0, 0.05) is 11.9 Å². The highest BCUT2D eigenvalue weighted by molar-refractivity contribution is 5.85. The highest BCUT2D eigenvalue weighted by Gasteiger charge is 2.41. The van der Waals surface area contributed by atoms with Crippen LogP contribution in [-0.4, -0.2) is 23.0 Å². The first-order chi connectivity index (χ1) is 7.73. The Morgan fingerprint density at radius 1 is 1.56 bits per heavy atom. The number of amides is 1. The van der Waals surface area contributed by atoms with Gasteiger partial charge in [0.2, 0.25) is 5.91 Å². The lowest BCUT2D eigenvalue weighted by Crippen LogP contribution is -2.64. The number of aryl methyl sites for hydroxylation is 1. The molecule has 4 nitrogen and oxygen atoms in total. The van der Waals surface area contributed by atoms with Crippen molar-refractivity contribution in [3.05, 3.63) is 30.1 Å². The lowest BCUT2D eigenvalue weighted by Gasteiger charge is -2.40. The maximum absolute atomic E-state index is 11.3. The first kappa shape index (κ1) is 11.1. The Hall–Kier alpha value is -1.42. The molecule has 1 aliphatic heterocycles. The average Bonchev–Trinajstić information content (AvgIpc) is 2.23. The fraction of sp³-hybridized carbons (Fsp3) is 0.500. The molecule has 0 aromatic carbocycles. The minimum Gasteiger partial charge on any atom is -0.368 e. The van der Waals surface area contributed by atoms with Gasteiger partial charge in [0.25, 0.3) is 0 Å². The van der Waals surface area contributed by atoms with Gasteiger partial charge >= 0.3 is 0 Å². The smallest absolute Gasteiger partial charge is 0.237 e. The molecule has 1 saturated heterocycles. The van der Waals surface area contributed by atoms with Crippen LogP contribution in [0.4, 0.5) is 0 Å². The van der Waals surface area contributed by atoms with Gasteiger partial charge in [-0.1, -0.05) is 6.07 Å². The van der Waals surface area contributed by atoms with E-state index >= 15 is 0 Å². The second-order valence-electron chi connectivity index (χ2n) is 4.30. The summed E-state index contributed by atoms with van der Waals surface area (Å²) in [5.74, 6) is -0.222. The van der Waals surface area contributed by atoms with E-state index in [2.05, 4.69) is 10.3 Å². The minimum absolute atomic E-state index is 0.222. The van der Waals surface area contributed by atoms with E-state index in [0.717, 1.165) is 37.9 Å². The first-order valence-corrected chi connectivity index (χ1v) is 5.68. The van der Waals surface area contributed by atoms with Crippen molar-refractivity contribution in [3.8, 4) is 0 Å². The molecule has 0 aliphatic carbocycles. The first-order valence-electron chi connectivity index (χ1n) is 5.68. The summed E-state index contributed by atoms with van der Waals surface area (Å²) in [5.41, 5.74) is 6.03. The van der Waals surface area contributed by atoms with Gasteiger partial charge in [0.05, 0.1) is 5.54 Å². The molecule has 0 spiro atoms. The largest absolute Gasteiger partial charge is 0.368 e. The number of pyridine rings is 1. The number of carbonyl (C=O) groups is 1. The molecule has 1 atom stereocenters. The third-order valence-corrected chi connectivity index (χ3v) is 3.25. The van der Waals surface area contributed by atoms with Gasteiger partial charge < -0.3 is 11.1 Å². The average molecular weight is 219 g/mol. The molecule has 1 aromatic heterocycles. The molecule has 0 radical (unpaired) electrons. The van der Waals surface area contributed by atoms with E-state index in [-0.39, 0.29) is 5.91 Å². The SMILES string of the molecule is NC(=O)[C@]1(CCCc2ccccn2)CCN1. The minimum atomic E-state index is -0.436. The van der Waals surface area contributed by atoms with Crippen molar-refractivity contribution in [2.45, 2.75) is 31.2 Å². The molecule has 0 unspecified atom stereocenters. The summed E-state index contributed by atoms with van der Waals surface area (Å²) in [5, 5.41) is 3.15. The zero-order valence-electron chi connectivity index (χ0n) is 9.28. The molecule has 2 rings (SSSR count). The van der Waals surface area contributed by atoms with Gasteiger partial charge in [-0.15, -0.1) is 0 Å². The van der Waals surface area contributed by atoms with Crippen molar-refractivity contribution in [2.75, 3.05) is 6.54 Å². The number of primary amides is 1. The van der Waals surface area contributed by atoms with Crippen LogP contribution in [0.15, 0.2) is 24.4 Å². The molecule has 4 heteroatoms. The van der Waals surface area contributed by atoms with Crippen LogP contribution >= 0.6 is 0 Å². The van der Waals surface area contributed by atoms with Crippen LogP contribution in [0.5, 0.6) is 0 Å². The lowest BCUT2D eigenvalue weighted by molar-refractivity contribution is -0.127. The van der Waals surface area contributed by atoms with Crippen molar-refractivity contribution in [1.82, 2.24) is 10.3 Å². The van der Waals surface area contributed by atoms with Gasteiger partial charge in [0.1, 0.15) is 0 Å². The monoisotopic (exact) mass is 219 g/mol. The number of hydrogen-bond acceptors (Lipinski definition) is 3. The van der Waals surface area contributed by atoms with Crippen LogP contribution in [0.2, 0.25) is 0 Å². The summed E-state index contributed by atoms with van der Waals surface area (Å²) in [4.78, 5) is 15.5. The molecule has 16 heavy (non-hydrogen) atoms. The van der Waals surface area contributed by atoms with E-state index in [1.54, 1.807) is 6.20 Å². The van der Waals surface area contributed by atoms with Gasteiger partial charge in [0.15, 0.2) is 0 Å². The second-order valence-corrected chi connectivity index (χ2v) is 4.30. The van der Waals surface area contributed by atoms with E-state index in [0.29, 0.717) is 0 Å². The van der Waals surface area contributed by atoms with Crippen molar-refractivity contribution >= 4 is 5.91 Å². The zero-order chi connectivity index (χ0) is 11.4. The molecule has 1 fully saturated rings. The highest BCUT2D eigenvalue weighted by atomic mass is 16.1. The summed E-state index contributed by atoms with van der Waals surface area (Å²) in [6.07, 6.45) is 5.30. The van der Waals surface area contributed by atoms with E-state index in [4.69, 9.17) is 5.73 Å². The molecule has 3 N–H and O–H groups in total. The van der Waals surface area contributed by atoms with Crippen LogP contribution < -0.4 is 11.1 Å². The Morgan fingerprint density at radius 2 is 2.38 bits per heavy atom. The van der Waals surface area contributed by atoms with Crippen molar-refractivity contribution in [3.63, 3.8) is 0 Å². The number of nitrogens with zero attached hydrogens (tertiary/aromatic N) is 1. The third-order valence-electron chi connectivity index (χ3n) is 3.25. The molecular weight excluding hydrogens is 202 g/mol. The van der Waals surface area contributed by atoms with Crippen LogP contribution in [-0.2, 0) is 11.2 Å². The van der Waals surface area contributed by atoms with E-state index < -0.39 is 5.54 Å². The van der Waals surface area contributed by atoms with Crippen LogP contribution in [0.3, 0.4) is 0 Å². The summed E-state index contributed by atoms with van der Waals surface area (Å²) in [7, 11) is 0. The van der Waals surface area contributed by atoms with Gasteiger partial charge in [-0.2, -0.15) is 0 Å². The van der Waals surface area contributed by atoms with Crippen LogP contribution in [0.25, 0.3) is 0 Å². The van der Waals surface area contributed by atoms with Crippen molar-refractivity contribution in [2.24, 2.45) is 5.73 Å². The number of nitrogens with one attached hydrogen (secondary N) is 1. The Balaban J connectivity index is 1.82. The topological polar surface area (TPSA) is 68.0 Å². The molecule has 1 aromatic rings. The Kier molecular flexibility index (Phi) is 3.19. The Labute approximate surface area is 95.3 Å². The fourth-order valence-electron chi connectivity index (χ4n) is 2.09. The fourth-order valence-corrected chi connectivity index (χ4v) is 2.09. The number of rotatable bonds is 5. The predicted octanol–water partition coefficient (Wildman–Crippen LogP) is 0.622. The molecule has 0 bridgehead atoms. The summed E-state index contributed by atoms with van der Waals surface area (Å²) >= 11 is 0. The summed E-state index contributed by atoms with van der Waals surface area (Å²) in [6.45, 7) is 0.895. The summed E-state index contributed by atoms with van der Waals surface area (Å²) in [6, 6.07) is 5.89. The predicted molar refractivity (Wildman–Crippen MR) is 61.7 cm³/mol. The highest BCUT2D eigenvalue weighted by Crippen LogP contribution is 2.24. The normalized spacial score (nSPS) is 23.8. The summed E-state index contributed by atoms with van der Waals surface area (Å²) < 4.78 is 0. The molecule has 1 amide bonds. The van der Waals surface area contributed by atoms with Crippen LogP contribution in [0, 0.1) is 0 Å². The zero-order valence-corrected chi connectivity index (χ0v) is 9.28. The van der Waals surface area contributed by atoms with Gasteiger partial charge in [-0.3, -0.25) is 9.78 Å².